The van der Waals surface area contributed by atoms with E-state index in [1.807, 2.05) is 0 Å². The van der Waals surface area contributed by atoms with Gasteiger partial charge in [0.1, 0.15) is 5.82 Å². The minimum Gasteiger partial charge on any atom is -0.355 e. The first-order valence-electron chi connectivity index (χ1n) is 8.00. The van der Waals surface area contributed by atoms with Crippen LogP contribution in [0.3, 0.4) is 0 Å². The van der Waals surface area contributed by atoms with Crippen LogP contribution < -0.4 is 10.2 Å². The van der Waals surface area contributed by atoms with Gasteiger partial charge in [-0.2, -0.15) is 0 Å². The minimum absolute atomic E-state index is 0.631. The number of hydrogen-bond donors (Lipinski definition) is 1. The maximum absolute atomic E-state index is 4.75. The number of rotatable bonds is 9. The second-order valence-electron chi connectivity index (χ2n) is 6.40. The SMILES string of the molecule is CCNCc1cc(C)nc(N(CCN(C)C)CC(C)C)c1. The molecule has 0 atom stereocenters. The molecule has 0 aliphatic rings. The zero-order valence-corrected chi connectivity index (χ0v) is 14.6. The molecule has 0 aliphatic carbocycles. The summed E-state index contributed by atoms with van der Waals surface area (Å²) in [6.07, 6.45) is 0. The Bertz CT molecular complexity index is 415. The smallest absolute Gasteiger partial charge is 0.129 e. The number of nitrogens with zero attached hydrogens (tertiary/aromatic N) is 3. The van der Waals surface area contributed by atoms with Crippen molar-refractivity contribution in [1.29, 1.82) is 0 Å². The molecule has 0 amide bonds. The predicted octanol–water partition coefficient (Wildman–Crippen LogP) is 2.52. The van der Waals surface area contributed by atoms with E-state index in [1.54, 1.807) is 0 Å². The van der Waals surface area contributed by atoms with Crippen molar-refractivity contribution >= 4 is 5.82 Å². The van der Waals surface area contributed by atoms with Gasteiger partial charge in [0.05, 0.1) is 0 Å². The molecule has 0 unspecified atom stereocenters. The fraction of sp³-hybridized carbons (Fsp3) is 0.706. The number of likely N-dealkylation sites (N-methyl/N-ethyl adjacent to an activating group) is 1. The van der Waals surface area contributed by atoms with E-state index in [2.05, 4.69) is 69.0 Å². The number of nitrogens with one attached hydrogen (secondary N) is 1. The molecular formula is C17H32N4. The van der Waals surface area contributed by atoms with E-state index in [1.165, 1.54) is 5.56 Å². The van der Waals surface area contributed by atoms with Crippen LogP contribution in [0, 0.1) is 12.8 Å². The van der Waals surface area contributed by atoms with Crippen LogP contribution in [0.2, 0.25) is 0 Å². The van der Waals surface area contributed by atoms with Crippen molar-refractivity contribution in [3.8, 4) is 0 Å². The van der Waals surface area contributed by atoms with Gasteiger partial charge in [-0.05, 0) is 51.2 Å². The third-order valence-corrected chi connectivity index (χ3v) is 3.31. The lowest BCUT2D eigenvalue weighted by atomic mass is 10.1. The first kappa shape index (κ1) is 17.9. The molecule has 1 aromatic heterocycles. The van der Waals surface area contributed by atoms with E-state index in [0.717, 1.165) is 44.2 Å². The molecule has 4 heteroatoms. The van der Waals surface area contributed by atoms with Gasteiger partial charge in [0.2, 0.25) is 0 Å². The molecule has 1 N–H and O–H groups in total. The van der Waals surface area contributed by atoms with Crippen LogP contribution >= 0.6 is 0 Å². The van der Waals surface area contributed by atoms with Crippen molar-refractivity contribution in [2.24, 2.45) is 5.92 Å². The molecule has 0 aliphatic heterocycles. The predicted molar refractivity (Wildman–Crippen MR) is 92.0 cm³/mol. The molecule has 0 aromatic carbocycles. The molecule has 0 spiro atoms. The highest BCUT2D eigenvalue weighted by molar-refractivity contribution is 5.42. The van der Waals surface area contributed by atoms with Crippen LogP contribution in [-0.4, -0.2) is 50.2 Å². The summed E-state index contributed by atoms with van der Waals surface area (Å²) in [4.78, 5) is 9.39. The molecule has 120 valence electrons. The normalized spacial score (nSPS) is 11.4. The van der Waals surface area contributed by atoms with Crippen LogP contribution in [-0.2, 0) is 6.54 Å². The largest absolute Gasteiger partial charge is 0.355 e. The Morgan fingerprint density at radius 1 is 1.19 bits per heavy atom. The van der Waals surface area contributed by atoms with E-state index < -0.39 is 0 Å². The zero-order chi connectivity index (χ0) is 15.8. The summed E-state index contributed by atoms with van der Waals surface area (Å²) in [7, 11) is 4.24. The monoisotopic (exact) mass is 292 g/mol. The van der Waals surface area contributed by atoms with E-state index >= 15 is 0 Å². The van der Waals surface area contributed by atoms with Crippen LogP contribution in [0.4, 0.5) is 5.82 Å². The molecule has 1 aromatic rings. The molecule has 0 bridgehead atoms. The van der Waals surface area contributed by atoms with Gasteiger partial charge in [-0.3, -0.25) is 0 Å². The van der Waals surface area contributed by atoms with Gasteiger partial charge in [0, 0.05) is 31.9 Å². The zero-order valence-electron chi connectivity index (χ0n) is 14.6. The van der Waals surface area contributed by atoms with E-state index in [-0.39, 0.29) is 0 Å². The fourth-order valence-corrected chi connectivity index (χ4v) is 2.32. The van der Waals surface area contributed by atoms with E-state index in [4.69, 9.17) is 4.98 Å². The highest BCUT2D eigenvalue weighted by Crippen LogP contribution is 2.16. The molecule has 0 fully saturated rings. The molecule has 1 heterocycles. The number of anilines is 1. The Morgan fingerprint density at radius 3 is 2.48 bits per heavy atom. The summed E-state index contributed by atoms with van der Waals surface area (Å²) in [5, 5.41) is 3.39. The molecule has 4 nitrogen and oxygen atoms in total. The molecule has 21 heavy (non-hydrogen) atoms. The van der Waals surface area contributed by atoms with Crippen molar-refractivity contribution in [2.75, 3.05) is 45.2 Å². The quantitative estimate of drug-likeness (QED) is 0.758. The lowest BCUT2D eigenvalue weighted by Crippen LogP contribution is -2.35. The molecular weight excluding hydrogens is 260 g/mol. The summed E-state index contributed by atoms with van der Waals surface area (Å²) in [6, 6.07) is 4.40. The van der Waals surface area contributed by atoms with Crippen molar-refractivity contribution in [2.45, 2.75) is 34.2 Å². The van der Waals surface area contributed by atoms with Crippen molar-refractivity contribution in [1.82, 2.24) is 15.2 Å². The number of aryl methyl sites for hydroxylation is 1. The molecule has 0 saturated carbocycles. The topological polar surface area (TPSA) is 31.4 Å². The van der Waals surface area contributed by atoms with Crippen molar-refractivity contribution in [3.05, 3.63) is 23.4 Å². The molecule has 0 saturated heterocycles. The summed E-state index contributed by atoms with van der Waals surface area (Å²) in [6.45, 7) is 13.8. The Morgan fingerprint density at radius 2 is 1.90 bits per heavy atom. The first-order valence-corrected chi connectivity index (χ1v) is 8.00. The Balaban J connectivity index is 2.90. The van der Waals surface area contributed by atoms with Crippen molar-refractivity contribution in [3.63, 3.8) is 0 Å². The molecule has 1 rings (SSSR count). The van der Waals surface area contributed by atoms with Crippen molar-refractivity contribution < 1.29 is 0 Å². The van der Waals surface area contributed by atoms with Crippen LogP contribution in [0.5, 0.6) is 0 Å². The highest BCUT2D eigenvalue weighted by Gasteiger charge is 2.12. The third kappa shape index (κ3) is 6.91. The van der Waals surface area contributed by atoms with Crippen LogP contribution in [0.25, 0.3) is 0 Å². The Hall–Kier alpha value is -1.13. The van der Waals surface area contributed by atoms with Gasteiger partial charge in [-0.1, -0.05) is 20.8 Å². The van der Waals surface area contributed by atoms with Gasteiger partial charge in [0.25, 0.3) is 0 Å². The highest BCUT2D eigenvalue weighted by atomic mass is 15.2. The molecule has 0 radical (unpaired) electrons. The summed E-state index contributed by atoms with van der Waals surface area (Å²) in [5.74, 6) is 1.74. The van der Waals surface area contributed by atoms with Gasteiger partial charge >= 0.3 is 0 Å². The number of pyridine rings is 1. The number of aromatic nitrogens is 1. The third-order valence-electron chi connectivity index (χ3n) is 3.31. The van der Waals surface area contributed by atoms with Gasteiger partial charge in [-0.15, -0.1) is 0 Å². The first-order chi connectivity index (χ1) is 9.92. The maximum atomic E-state index is 4.75. The standard InChI is InChI=1S/C17H32N4/c1-7-18-12-16-10-15(4)19-17(11-16)21(13-14(2)3)9-8-20(5)6/h10-11,14,18H,7-9,12-13H2,1-6H3. The average Bonchev–Trinajstić information content (AvgIpc) is 2.40. The second-order valence-corrected chi connectivity index (χ2v) is 6.40. The summed E-state index contributed by atoms with van der Waals surface area (Å²) >= 11 is 0. The lowest BCUT2D eigenvalue weighted by molar-refractivity contribution is 0.408. The van der Waals surface area contributed by atoms with E-state index in [9.17, 15) is 0 Å². The second kappa shape index (κ2) is 9.00. The minimum atomic E-state index is 0.631. The fourth-order valence-electron chi connectivity index (χ4n) is 2.32. The van der Waals surface area contributed by atoms with Gasteiger partial charge < -0.3 is 15.1 Å². The summed E-state index contributed by atoms with van der Waals surface area (Å²) < 4.78 is 0. The average molecular weight is 292 g/mol. The maximum Gasteiger partial charge on any atom is 0.129 e. The number of hydrogen-bond acceptors (Lipinski definition) is 4. The van der Waals surface area contributed by atoms with Crippen LogP contribution in [0.1, 0.15) is 32.0 Å². The van der Waals surface area contributed by atoms with E-state index in [0.29, 0.717) is 5.92 Å². The van der Waals surface area contributed by atoms with Gasteiger partial charge in [0.15, 0.2) is 0 Å². The van der Waals surface area contributed by atoms with Crippen LogP contribution in [0.15, 0.2) is 12.1 Å². The van der Waals surface area contributed by atoms with Gasteiger partial charge in [-0.25, -0.2) is 4.98 Å². The lowest BCUT2D eigenvalue weighted by Gasteiger charge is -2.28. The Kier molecular flexibility index (Phi) is 7.68. The summed E-state index contributed by atoms with van der Waals surface area (Å²) in [5.41, 5.74) is 2.41. The Labute approximate surface area is 130 Å².